The lowest BCUT2D eigenvalue weighted by Gasteiger charge is -2.24. The molecule has 0 saturated carbocycles. The minimum absolute atomic E-state index is 0.0217. The number of aromatic nitrogens is 2. The van der Waals surface area contributed by atoms with E-state index in [4.69, 9.17) is 0 Å². The van der Waals surface area contributed by atoms with Gasteiger partial charge in [-0.15, -0.1) is 0 Å². The zero-order chi connectivity index (χ0) is 17.2. The molecule has 1 rings (SSSR count). The van der Waals surface area contributed by atoms with E-state index in [-0.39, 0.29) is 5.91 Å². The highest BCUT2D eigenvalue weighted by molar-refractivity contribution is 5.92. The first kappa shape index (κ1) is 19.4. The van der Waals surface area contributed by atoms with Crippen LogP contribution >= 0.6 is 0 Å². The maximum absolute atomic E-state index is 12.8. The van der Waals surface area contributed by atoms with Crippen LogP contribution < -0.4 is 4.90 Å². The van der Waals surface area contributed by atoms with E-state index in [2.05, 4.69) is 42.6 Å². The Morgan fingerprint density at radius 3 is 1.91 bits per heavy atom. The van der Waals surface area contributed by atoms with Crippen LogP contribution in [0.25, 0.3) is 0 Å². The second-order valence-corrected chi connectivity index (χ2v) is 5.97. The van der Waals surface area contributed by atoms with E-state index in [9.17, 15) is 4.79 Å². The first-order valence-corrected chi connectivity index (χ1v) is 8.97. The van der Waals surface area contributed by atoms with Gasteiger partial charge in [-0.25, -0.2) is 9.97 Å². The summed E-state index contributed by atoms with van der Waals surface area (Å²) in [5.41, 5.74) is 1.37. The fourth-order valence-electron chi connectivity index (χ4n) is 2.67. The SMILES string of the molecule is CCCN(CCC)C(=O)c1cc(C)nc(N(CCC)CCC)n1. The van der Waals surface area contributed by atoms with E-state index in [1.165, 1.54) is 0 Å². The van der Waals surface area contributed by atoms with Crippen LogP contribution in [0, 0.1) is 6.92 Å². The van der Waals surface area contributed by atoms with Crippen molar-refractivity contribution in [1.29, 1.82) is 0 Å². The first-order valence-electron chi connectivity index (χ1n) is 8.97. The van der Waals surface area contributed by atoms with Gasteiger partial charge in [0.05, 0.1) is 0 Å². The quantitative estimate of drug-likeness (QED) is 0.660. The highest BCUT2D eigenvalue weighted by atomic mass is 16.2. The van der Waals surface area contributed by atoms with Gasteiger partial charge in [-0.2, -0.15) is 0 Å². The van der Waals surface area contributed by atoms with Crippen molar-refractivity contribution in [2.75, 3.05) is 31.1 Å². The van der Waals surface area contributed by atoms with Crippen molar-refractivity contribution >= 4 is 11.9 Å². The number of hydrogen-bond donors (Lipinski definition) is 0. The molecule has 0 fully saturated rings. The molecule has 0 unspecified atom stereocenters. The maximum Gasteiger partial charge on any atom is 0.272 e. The lowest BCUT2D eigenvalue weighted by molar-refractivity contribution is 0.0749. The van der Waals surface area contributed by atoms with Crippen molar-refractivity contribution in [2.45, 2.75) is 60.3 Å². The summed E-state index contributed by atoms with van der Waals surface area (Å²) >= 11 is 0. The van der Waals surface area contributed by atoms with Crippen LogP contribution in [0.1, 0.15) is 69.6 Å². The maximum atomic E-state index is 12.8. The standard InChI is InChI=1S/C18H32N4O/c1-6-10-21(11-7-2)17(23)16-14-15(5)19-18(20-16)22(12-8-3)13-9-4/h14H,6-13H2,1-5H3. The van der Waals surface area contributed by atoms with E-state index in [1.807, 2.05) is 11.8 Å². The monoisotopic (exact) mass is 320 g/mol. The van der Waals surface area contributed by atoms with Crippen LogP contribution in [0.5, 0.6) is 0 Å². The first-order chi connectivity index (χ1) is 11.1. The summed E-state index contributed by atoms with van der Waals surface area (Å²) in [6.45, 7) is 13.8. The summed E-state index contributed by atoms with van der Waals surface area (Å²) < 4.78 is 0. The number of carbonyl (C=O) groups excluding carboxylic acids is 1. The number of nitrogens with zero attached hydrogens (tertiary/aromatic N) is 4. The molecule has 0 aliphatic heterocycles. The van der Waals surface area contributed by atoms with Gasteiger partial charge in [-0.1, -0.05) is 27.7 Å². The Morgan fingerprint density at radius 2 is 1.43 bits per heavy atom. The largest absolute Gasteiger partial charge is 0.341 e. The van der Waals surface area contributed by atoms with Crippen LogP contribution in [0.3, 0.4) is 0 Å². The Hall–Kier alpha value is -1.65. The number of rotatable bonds is 10. The summed E-state index contributed by atoms with van der Waals surface area (Å²) in [6, 6.07) is 1.81. The van der Waals surface area contributed by atoms with Gasteiger partial charge in [0.25, 0.3) is 5.91 Å². The van der Waals surface area contributed by atoms with Crippen molar-refractivity contribution in [3.8, 4) is 0 Å². The van der Waals surface area contributed by atoms with Gasteiger partial charge in [0.15, 0.2) is 0 Å². The summed E-state index contributed by atoms with van der Waals surface area (Å²) in [5.74, 6) is 0.707. The molecule has 1 aromatic heterocycles. The number of carbonyl (C=O) groups is 1. The van der Waals surface area contributed by atoms with Crippen molar-refractivity contribution in [2.24, 2.45) is 0 Å². The lowest BCUT2D eigenvalue weighted by Crippen LogP contribution is -2.34. The normalized spacial score (nSPS) is 10.7. The lowest BCUT2D eigenvalue weighted by atomic mass is 10.2. The third-order valence-electron chi connectivity index (χ3n) is 3.61. The Bertz CT molecular complexity index is 478. The minimum atomic E-state index is 0.0217. The highest BCUT2D eigenvalue weighted by Crippen LogP contribution is 2.14. The predicted molar refractivity (Wildman–Crippen MR) is 96.0 cm³/mol. The van der Waals surface area contributed by atoms with Crippen LogP contribution in [-0.4, -0.2) is 47.0 Å². The Morgan fingerprint density at radius 1 is 0.913 bits per heavy atom. The molecule has 0 aromatic carbocycles. The molecule has 0 aliphatic rings. The average molecular weight is 320 g/mol. The van der Waals surface area contributed by atoms with Crippen molar-refractivity contribution in [3.63, 3.8) is 0 Å². The topological polar surface area (TPSA) is 49.3 Å². The van der Waals surface area contributed by atoms with Crippen LogP contribution in [0.4, 0.5) is 5.95 Å². The van der Waals surface area contributed by atoms with Gasteiger partial charge < -0.3 is 9.80 Å². The smallest absolute Gasteiger partial charge is 0.272 e. The number of amides is 1. The molecular formula is C18H32N4O. The van der Waals surface area contributed by atoms with Crippen LogP contribution in [0.2, 0.25) is 0 Å². The molecular weight excluding hydrogens is 288 g/mol. The molecule has 0 atom stereocenters. The molecule has 0 spiro atoms. The van der Waals surface area contributed by atoms with E-state index in [0.29, 0.717) is 11.6 Å². The third-order valence-corrected chi connectivity index (χ3v) is 3.61. The van der Waals surface area contributed by atoms with Gasteiger partial charge >= 0.3 is 0 Å². The number of anilines is 1. The molecule has 0 N–H and O–H groups in total. The van der Waals surface area contributed by atoms with Crippen molar-refractivity contribution < 1.29 is 4.79 Å². The number of hydrogen-bond acceptors (Lipinski definition) is 4. The molecule has 1 amide bonds. The van der Waals surface area contributed by atoms with E-state index in [0.717, 1.165) is 57.6 Å². The minimum Gasteiger partial charge on any atom is -0.341 e. The molecule has 23 heavy (non-hydrogen) atoms. The molecule has 5 heteroatoms. The van der Waals surface area contributed by atoms with Gasteiger partial charge in [0.1, 0.15) is 5.69 Å². The summed E-state index contributed by atoms with van der Waals surface area (Å²) in [7, 11) is 0. The van der Waals surface area contributed by atoms with Gasteiger partial charge in [0.2, 0.25) is 5.95 Å². The van der Waals surface area contributed by atoms with E-state index < -0.39 is 0 Å². The Balaban J connectivity index is 3.09. The molecule has 130 valence electrons. The molecule has 5 nitrogen and oxygen atoms in total. The third kappa shape index (κ3) is 5.81. The fraction of sp³-hybridized carbons (Fsp3) is 0.722. The fourth-order valence-corrected chi connectivity index (χ4v) is 2.67. The summed E-state index contributed by atoms with van der Waals surface area (Å²) in [6.07, 6.45) is 4.00. The summed E-state index contributed by atoms with van der Waals surface area (Å²) in [4.78, 5) is 26.0. The molecule has 1 heterocycles. The van der Waals surface area contributed by atoms with Crippen molar-refractivity contribution in [3.05, 3.63) is 17.5 Å². The van der Waals surface area contributed by atoms with Gasteiger partial charge in [-0.05, 0) is 38.7 Å². The zero-order valence-corrected chi connectivity index (χ0v) is 15.4. The predicted octanol–water partition coefficient (Wildman–Crippen LogP) is 3.67. The summed E-state index contributed by atoms with van der Waals surface area (Å²) in [5, 5.41) is 0. The molecule has 1 aromatic rings. The number of aryl methyl sites for hydroxylation is 1. The van der Waals surface area contributed by atoms with E-state index >= 15 is 0 Å². The Kier molecular flexibility index (Phi) is 8.59. The van der Waals surface area contributed by atoms with Gasteiger partial charge in [0, 0.05) is 31.9 Å². The molecule has 0 bridgehead atoms. The second-order valence-electron chi connectivity index (χ2n) is 5.97. The molecule has 0 aliphatic carbocycles. The molecule has 0 saturated heterocycles. The van der Waals surface area contributed by atoms with Crippen molar-refractivity contribution in [1.82, 2.24) is 14.9 Å². The second kappa shape index (κ2) is 10.2. The highest BCUT2D eigenvalue weighted by Gasteiger charge is 2.19. The Labute approximate surface area is 141 Å². The zero-order valence-electron chi connectivity index (χ0n) is 15.4. The van der Waals surface area contributed by atoms with E-state index in [1.54, 1.807) is 6.07 Å². The van der Waals surface area contributed by atoms with Crippen LogP contribution in [-0.2, 0) is 0 Å². The molecule has 0 radical (unpaired) electrons. The van der Waals surface area contributed by atoms with Gasteiger partial charge in [-0.3, -0.25) is 4.79 Å². The van der Waals surface area contributed by atoms with Crippen LogP contribution in [0.15, 0.2) is 6.07 Å². The average Bonchev–Trinajstić information content (AvgIpc) is 2.53.